The number of carbonyl (C=O) groups excluding carboxylic acids is 1. The van der Waals surface area contributed by atoms with Gasteiger partial charge in [0.15, 0.2) is 5.76 Å². The Bertz CT molecular complexity index is 766. The van der Waals surface area contributed by atoms with Crippen molar-refractivity contribution in [1.29, 1.82) is 0 Å². The van der Waals surface area contributed by atoms with Crippen molar-refractivity contribution in [2.45, 2.75) is 19.4 Å². The fourth-order valence-electron chi connectivity index (χ4n) is 2.39. The molecule has 4 heteroatoms. The first-order valence-electron chi connectivity index (χ1n) is 7.57. The van der Waals surface area contributed by atoms with Crippen molar-refractivity contribution < 1.29 is 9.32 Å². The quantitative estimate of drug-likeness (QED) is 0.781. The molecule has 0 aliphatic heterocycles. The Morgan fingerprint density at radius 1 is 1.09 bits per heavy atom. The van der Waals surface area contributed by atoms with Crippen LogP contribution in [-0.4, -0.2) is 11.1 Å². The van der Waals surface area contributed by atoms with Crippen molar-refractivity contribution in [2.24, 2.45) is 0 Å². The van der Waals surface area contributed by atoms with Crippen LogP contribution in [0.5, 0.6) is 0 Å². The standard InChI is InChI=1S/C19H18N2O2/c1-14(15-8-4-2-5-9-15)18-12-17(23-21-18)13-20-19(22)16-10-6-3-7-11-16/h2-12,14H,13H2,1H3,(H,20,22). The van der Waals surface area contributed by atoms with Crippen LogP contribution >= 0.6 is 0 Å². The van der Waals surface area contributed by atoms with Crippen LogP contribution in [0.4, 0.5) is 0 Å². The Balaban J connectivity index is 1.63. The van der Waals surface area contributed by atoms with E-state index in [1.54, 1.807) is 12.1 Å². The van der Waals surface area contributed by atoms with Crippen LogP contribution in [0.3, 0.4) is 0 Å². The van der Waals surface area contributed by atoms with E-state index >= 15 is 0 Å². The highest BCUT2D eigenvalue weighted by molar-refractivity contribution is 5.93. The molecule has 23 heavy (non-hydrogen) atoms. The maximum absolute atomic E-state index is 12.0. The van der Waals surface area contributed by atoms with Gasteiger partial charge in [0.25, 0.3) is 5.91 Å². The smallest absolute Gasteiger partial charge is 0.251 e. The predicted molar refractivity (Wildman–Crippen MR) is 88.1 cm³/mol. The predicted octanol–water partition coefficient (Wildman–Crippen LogP) is 3.76. The monoisotopic (exact) mass is 306 g/mol. The summed E-state index contributed by atoms with van der Waals surface area (Å²) < 4.78 is 5.33. The molecule has 4 nitrogen and oxygen atoms in total. The van der Waals surface area contributed by atoms with Crippen LogP contribution in [0, 0.1) is 0 Å². The molecule has 116 valence electrons. The van der Waals surface area contributed by atoms with Gasteiger partial charge in [0.2, 0.25) is 0 Å². The number of hydrogen-bond acceptors (Lipinski definition) is 3. The molecule has 0 aliphatic carbocycles. The molecule has 0 saturated heterocycles. The van der Waals surface area contributed by atoms with E-state index in [4.69, 9.17) is 4.52 Å². The summed E-state index contributed by atoms with van der Waals surface area (Å²) in [5.41, 5.74) is 2.67. The lowest BCUT2D eigenvalue weighted by atomic mass is 9.98. The van der Waals surface area contributed by atoms with Gasteiger partial charge in [-0.1, -0.05) is 60.6 Å². The number of rotatable bonds is 5. The normalized spacial score (nSPS) is 11.9. The first kappa shape index (κ1) is 15.0. The van der Waals surface area contributed by atoms with Gasteiger partial charge >= 0.3 is 0 Å². The van der Waals surface area contributed by atoms with Gasteiger partial charge in [-0.2, -0.15) is 0 Å². The van der Waals surface area contributed by atoms with E-state index in [1.807, 2.05) is 42.5 Å². The summed E-state index contributed by atoms with van der Waals surface area (Å²) in [6.07, 6.45) is 0. The van der Waals surface area contributed by atoms with Crippen LogP contribution in [0.15, 0.2) is 71.3 Å². The average molecular weight is 306 g/mol. The van der Waals surface area contributed by atoms with Gasteiger partial charge in [-0.3, -0.25) is 4.79 Å². The molecule has 1 amide bonds. The molecular formula is C19H18N2O2. The van der Waals surface area contributed by atoms with Crippen LogP contribution in [0.25, 0.3) is 0 Å². The van der Waals surface area contributed by atoms with Crippen molar-refractivity contribution in [3.63, 3.8) is 0 Å². The lowest BCUT2D eigenvalue weighted by Crippen LogP contribution is -2.22. The molecule has 1 N–H and O–H groups in total. The number of nitrogens with one attached hydrogen (secondary N) is 1. The molecule has 1 unspecified atom stereocenters. The summed E-state index contributed by atoms with van der Waals surface area (Å²) in [4.78, 5) is 12.0. The first-order valence-corrected chi connectivity index (χ1v) is 7.57. The van der Waals surface area contributed by atoms with Crippen LogP contribution in [-0.2, 0) is 6.54 Å². The summed E-state index contributed by atoms with van der Waals surface area (Å²) in [5.74, 6) is 0.672. The lowest BCUT2D eigenvalue weighted by molar-refractivity contribution is 0.0947. The van der Waals surface area contributed by atoms with E-state index in [9.17, 15) is 4.79 Å². The van der Waals surface area contributed by atoms with Gasteiger partial charge in [-0.05, 0) is 17.7 Å². The van der Waals surface area contributed by atoms with Gasteiger partial charge in [0.05, 0.1) is 12.2 Å². The topological polar surface area (TPSA) is 55.1 Å². The molecule has 1 atom stereocenters. The zero-order valence-corrected chi connectivity index (χ0v) is 12.9. The van der Waals surface area contributed by atoms with E-state index in [0.717, 1.165) is 5.69 Å². The zero-order valence-electron chi connectivity index (χ0n) is 12.9. The van der Waals surface area contributed by atoms with E-state index in [0.29, 0.717) is 17.9 Å². The summed E-state index contributed by atoms with van der Waals surface area (Å²) in [6.45, 7) is 2.40. The Kier molecular flexibility index (Phi) is 4.52. The van der Waals surface area contributed by atoms with Gasteiger partial charge < -0.3 is 9.84 Å². The average Bonchev–Trinajstić information content (AvgIpc) is 3.09. The summed E-state index contributed by atoms with van der Waals surface area (Å²) >= 11 is 0. The minimum atomic E-state index is -0.125. The maximum Gasteiger partial charge on any atom is 0.251 e. The number of amides is 1. The SMILES string of the molecule is CC(c1ccccc1)c1cc(CNC(=O)c2ccccc2)on1. The second-order valence-corrected chi connectivity index (χ2v) is 5.40. The van der Waals surface area contributed by atoms with Gasteiger partial charge in [-0.15, -0.1) is 0 Å². The molecule has 0 spiro atoms. The van der Waals surface area contributed by atoms with E-state index in [2.05, 4.69) is 29.5 Å². The molecule has 0 aliphatic rings. The minimum Gasteiger partial charge on any atom is -0.359 e. The van der Waals surface area contributed by atoms with Crippen molar-refractivity contribution in [3.8, 4) is 0 Å². The van der Waals surface area contributed by atoms with Crippen LogP contribution in [0.2, 0.25) is 0 Å². The number of aromatic nitrogens is 1. The third-order valence-corrected chi connectivity index (χ3v) is 3.78. The van der Waals surface area contributed by atoms with Gasteiger partial charge in [0.1, 0.15) is 0 Å². The Hall–Kier alpha value is -2.88. The molecule has 3 rings (SSSR count). The fraction of sp³-hybridized carbons (Fsp3) is 0.158. The molecule has 1 aromatic heterocycles. The molecule has 0 radical (unpaired) electrons. The number of benzene rings is 2. The lowest BCUT2D eigenvalue weighted by Gasteiger charge is -2.06. The van der Waals surface area contributed by atoms with Crippen molar-refractivity contribution >= 4 is 5.91 Å². The molecule has 1 heterocycles. The number of carbonyl (C=O) groups is 1. The second kappa shape index (κ2) is 6.92. The Morgan fingerprint density at radius 3 is 2.43 bits per heavy atom. The molecule has 0 saturated carbocycles. The van der Waals surface area contributed by atoms with Crippen molar-refractivity contribution in [2.75, 3.05) is 0 Å². The number of hydrogen-bond donors (Lipinski definition) is 1. The maximum atomic E-state index is 12.0. The fourth-order valence-corrected chi connectivity index (χ4v) is 2.39. The first-order chi connectivity index (χ1) is 11.2. The third kappa shape index (κ3) is 3.66. The molecular weight excluding hydrogens is 288 g/mol. The summed E-state index contributed by atoms with van der Waals surface area (Å²) in [5, 5.41) is 6.95. The van der Waals surface area contributed by atoms with Crippen molar-refractivity contribution in [1.82, 2.24) is 10.5 Å². The highest BCUT2D eigenvalue weighted by Crippen LogP contribution is 2.23. The Labute approximate surface area is 135 Å². The van der Waals surface area contributed by atoms with Gasteiger partial charge in [0, 0.05) is 17.5 Å². The Morgan fingerprint density at radius 2 is 1.74 bits per heavy atom. The second-order valence-electron chi connectivity index (χ2n) is 5.40. The molecule has 0 bridgehead atoms. The highest BCUT2D eigenvalue weighted by atomic mass is 16.5. The van der Waals surface area contributed by atoms with E-state index in [1.165, 1.54) is 5.56 Å². The molecule has 2 aromatic carbocycles. The van der Waals surface area contributed by atoms with Crippen LogP contribution in [0.1, 0.15) is 40.2 Å². The molecule has 3 aromatic rings. The van der Waals surface area contributed by atoms with Gasteiger partial charge in [-0.25, -0.2) is 0 Å². The summed E-state index contributed by atoms with van der Waals surface area (Å²) in [6, 6.07) is 21.1. The minimum absolute atomic E-state index is 0.125. The third-order valence-electron chi connectivity index (χ3n) is 3.78. The largest absolute Gasteiger partial charge is 0.359 e. The summed E-state index contributed by atoms with van der Waals surface area (Å²) in [7, 11) is 0. The zero-order chi connectivity index (χ0) is 16.1. The highest BCUT2D eigenvalue weighted by Gasteiger charge is 2.14. The molecule has 0 fully saturated rings. The van der Waals surface area contributed by atoms with E-state index in [-0.39, 0.29) is 11.8 Å². The van der Waals surface area contributed by atoms with Crippen LogP contribution < -0.4 is 5.32 Å². The number of nitrogens with zero attached hydrogens (tertiary/aromatic N) is 1. The van der Waals surface area contributed by atoms with Crippen molar-refractivity contribution in [3.05, 3.63) is 89.3 Å². The van der Waals surface area contributed by atoms with E-state index < -0.39 is 0 Å².